The second-order valence-corrected chi connectivity index (χ2v) is 8.47. The molecule has 0 spiro atoms. The van der Waals surface area contributed by atoms with E-state index < -0.39 is 5.60 Å². The molecule has 0 saturated carbocycles. The summed E-state index contributed by atoms with van der Waals surface area (Å²) < 4.78 is 5.27. The molecule has 1 heterocycles. The molecule has 27 heavy (non-hydrogen) atoms. The maximum atomic E-state index is 12.3. The molecule has 2 rings (SSSR count). The van der Waals surface area contributed by atoms with Crippen LogP contribution in [0.3, 0.4) is 0 Å². The van der Waals surface area contributed by atoms with Crippen molar-refractivity contribution in [3.05, 3.63) is 35.4 Å². The number of carbonyl (C=O) groups is 2. The van der Waals surface area contributed by atoms with Gasteiger partial charge in [-0.3, -0.25) is 9.69 Å². The summed E-state index contributed by atoms with van der Waals surface area (Å²) in [4.78, 5) is 26.3. The van der Waals surface area contributed by atoms with Crippen molar-refractivity contribution in [2.75, 3.05) is 19.6 Å². The molecule has 1 saturated heterocycles. The van der Waals surface area contributed by atoms with Gasteiger partial charge in [-0.2, -0.15) is 0 Å². The van der Waals surface area contributed by atoms with E-state index in [1.807, 2.05) is 52.0 Å². The van der Waals surface area contributed by atoms with E-state index in [1.165, 1.54) is 5.56 Å². The molecule has 2 atom stereocenters. The molecule has 150 valence electrons. The van der Waals surface area contributed by atoms with Gasteiger partial charge in [0.05, 0.1) is 6.54 Å². The second kappa shape index (κ2) is 9.22. The number of aryl methyl sites for hydroxylation is 1. The number of alkyl carbamates (subject to hydrolysis) is 1. The van der Waals surface area contributed by atoms with Crippen LogP contribution in [0.15, 0.2) is 24.3 Å². The lowest BCUT2D eigenvalue weighted by molar-refractivity contribution is -0.122. The number of nitrogens with zero attached hydrogens (tertiary/aromatic N) is 1. The molecule has 6 heteroatoms. The van der Waals surface area contributed by atoms with Crippen molar-refractivity contribution in [1.82, 2.24) is 15.5 Å². The molecule has 0 bridgehead atoms. The molecular weight excluding hydrogens is 342 g/mol. The number of amides is 2. The average Bonchev–Trinajstić information content (AvgIpc) is 2.90. The van der Waals surface area contributed by atoms with Crippen LogP contribution >= 0.6 is 0 Å². The van der Waals surface area contributed by atoms with Crippen molar-refractivity contribution in [3.63, 3.8) is 0 Å². The third-order valence-electron chi connectivity index (χ3n) is 4.81. The Kier molecular flexibility index (Phi) is 7.25. The Morgan fingerprint density at radius 2 is 1.93 bits per heavy atom. The zero-order valence-electron chi connectivity index (χ0n) is 17.2. The molecule has 1 aromatic carbocycles. The van der Waals surface area contributed by atoms with Gasteiger partial charge in [-0.25, -0.2) is 4.79 Å². The monoisotopic (exact) mass is 375 g/mol. The number of likely N-dealkylation sites (tertiary alicyclic amines) is 1. The highest BCUT2D eigenvalue weighted by Gasteiger charge is 2.30. The minimum absolute atomic E-state index is 0.0332. The van der Waals surface area contributed by atoms with Gasteiger partial charge in [0.25, 0.3) is 0 Å². The van der Waals surface area contributed by atoms with Gasteiger partial charge in [0.15, 0.2) is 0 Å². The van der Waals surface area contributed by atoms with Crippen molar-refractivity contribution in [2.45, 2.75) is 59.2 Å². The van der Waals surface area contributed by atoms with Crippen molar-refractivity contribution >= 4 is 12.0 Å². The molecule has 1 fully saturated rings. The number of carbonyl (C=O) groups excluding carboxylic acids is 2. The number of ether oxygens (including phenoxy) is 1. The minimum Gasteiger partial charge on any atom is -0.444 e. The van der Waals surface area contributed by atoms with Gasteiger partial charge in [-0.15, -0.1) is 0 Å². The highest BCUT2D eigenvalue weighted by molar-refractivity contribution is 5.78. The molecular formula is C21H33N3O3. The summed E-state index contributed by atoms with van der Waals surface area (Å²) in [6.45, 7) is 12.0. The van der Waals surface area contributed by atoms with Crippen LogP contribution in [-0.4, -0.2) is 48.2 Å². The molecule has 2 amide bonds. The molecule has 1 aliphatic rings. The fraction of sp³-hybridized carbons (Fsp3) is 0.619. The summed E-state index contributed by atoms with van der Waals surface area (Å²) in [7, 11) is 0. The van der Waals surface area contributed by atoms with Crippen LogP contribution in [0.5, 0.6) is 0 Å². The predicted octanol–water partition coefficient (Wildman–Crippen LogP) is 2.85. The third kappa shape index (κ3) is 7.21. The summed E-state index contributed by atoms with van der Waals surface area (Å²) >= 11 is 0. The van der Waals surface area contributed by atoms with E-state index in [4.69, 9.17) is 4.74 Å². The fourth-order valence-electron chi connectivity index (χ4n) is 3.37. The molecule has 2 N–H and O–H groups in total. The van der Waals surface area contributed by atoms with Crippen LogP contribution < -0.4 is 10.6 Å². The standard InChI is InChI=1S/C21H33N3O3/c1-15-8-6-7-9-18(15)12-22-19(25)14-24-13-17(10-16(24)2)11-23-20(26)27-21(3,4)5/h6-9,16-17H,10-14H2,1-5H3,(H,22,25)(H,23,26)/t16-,17+/m1/s1. The zero-order chi connectivity index (χ0) is 20.0. The topological polar surface area (TPSA) is 70.7 Å². The van der Waals surface area contributed by atoms with E-state index in [-0.39, 0.29) is 12.0 Å². The predicted molar refractivity (Wildman–Crippen MR) is 106 cm³/mol. The van der Waals surface area contributed by atoms with Crippen molar-refractivity contribution in [3.8, 4) is 0 Å². The van der Waals surface area contributed by atoms with Gasteiger partial charge in [0.2, 0.25) is 5.91 Å². The van der Waals surface area contributed by atoms with E-state index >= 15 is 0 Å². The fourth-order valence-corrected chi connectivity index (χ4v) is 3.37. The summed E-state index contributed by atoms with van der Waals surface area (Å²) in [6.07, 6.45) is 0.575. The molecule has 0 unspecified atom stereocenters. The molecule has 1 aromatic rings. The molecule has 0 aromatic heterocycles. The summed E-state index contributed by atoms with van der Waals surface area (Å²) in [6, 6.07) is 8.38. The Bertz CT molecular complexity index is 654. The maximum Gasteiger partial charge on any atom is 0.407 e. The molecule has 0 radical (unpaired) electrons. The Balaban J connectivity index is 1.73. The Morgan fingerprint density at radius 1 is 1.22 bits per heavy atom. The normalized spacial score (nSPS) is 20.3. The molecule has 0 aliphatic carbocycles. The summed E-state index contributed by atoms with van der Waals surface area (Å²) in [5.74, 6) is 0.363. The largest absolute Gasteiger partial charge is 0.444 e. The second-order valence-electron chi connectivity index (χ2n) is 8.47. The van der Waals surface area contributed by atoms with E-state index in [0.29, 0.717) is 31.6 Å². The van der Waals surface area contributed by atoms with Crippen LogP contribution in [0.2, 0.25) is 0 Å². The molecule has 1 aliphatic heterocycles. The van der Waals surface area contributed by atoms with Gasteiger partial charge in [0.1, 0.15) is 5.60 Å². The van der Waals surface area contributed by atoms with Crippen LogP contribution in [0.4, 0.5) is 4.79 Å². The number of hydrogen-bond donors (Lipinski definition) is 2. The highest BCUT2D eigenvalue weighted by atomic mass is 16.6. The lowest BCUT2D eigenvalue weighted by atomic mass is 10.1. The first-order chi connectivity index (χ1) is 12.6. The van der Waals surface area contributed by atoms with Gasteiger partial charge in [0, 0.05) is 25.7 Å². The Morgan fingerprint density at radius 3 is 2.59 bits per heavy atom. The highest BCUT2D eigenvalue weighted by Crippen LogP contribution is 2.22. The first-order valence-corrected chi connectivity index (χ1v) is 9.66. The van der Waals surface area contributed by atoms with E-state index in [9.17, 15) is 9.59 Å². The lowest BCUT2D eigenvalue weighted by Gasteiger charge is -2.21. The number of hydrogen-bond acceptors (Lipinski definition) is 4. The van der Waals surface area contributed by atoms with E-state index in [2.05, 4.69) is 22.5 Å². The Labute approximate surface area is 162 Å². The summed E-state index contributed by atoms with van der Waals surface area (Å²) in [5.41, 5.74) is 1.83. The minimum atomic E-state index is -0.492. The SMILES string of the molecule is Cc1ccccc1CNC(=O)CN1C[C@H](CNC(=O)OC(C)(C)C)C[C@H]1C. The summed E-state index contributed by atoms with van der Waals surface area (Å²) in [5, 5.41) is 5.85. The number of benzene rings is 1. The number of nitrogens with one attached hydrogen (secondary N) is 2. The number of rotatable bonds is 6. The van der Waals surface area contributed by atoms with Crippen molar-refractivity contribution < 1.29 is 14.3 Å². The maximum absolute atomic E-state index is 12.3. The van der Waals surface area contributed by atoms with Crippen molar-refractivity contribution in [2.24, 2.45) is 5.92 Å². The van der Waals surface area contributed by atoms with Gasteiger partial charge < -0.3 is 15.4 Å². The first-order valence-electron chi connectivity index (χ1n) is 9.66. The third-order valence-corrected chi connectivity index (χ3v) is 4.81. The average molecular weight is 376 g/mol. The van der Waals surface area contributed by atoms with Gasteiger partial charge >= 0.3 is 6.09 Å². The Hall–Kier alpha value is -2.08. The van der Waals surface area contributed by atoms with Crippen molar-refractivity contribution in [1.29, 1.82) is 0 Å². The van der Waals surface area contributed by atoms with Crippen LogP contribution in [0.25, 0.3) is 0 Å². The first kappa shape index (κ1) is 21.2. The van der Waals surface area contributed by atoms with Crippen LogP contribution in [-0.2, 0) is 16.1 Å². The van der Waals surface area contributed by atoms with Gasteiger partial charge in [-0.05, 0) is 58.1 Å². The molecule has 6 nitrogen and oxygen atoms in total. The quantitative estimate of drug-likeness (QED) is 0.802. The van der Waals surface area contributed by atoms with Crippen LogP contribution in [0.1, 0.15) is 45.2 Å². The van der Waals surface area contributed by atoms with E-state index in [1.54, 1.807) is 0 Å². The van der Waals surface area contributed by atoms with E-state index in [0.717, 1.165) is 18.5 Å². The zero-order valence-corrected chi connectivity index (χ0v) is 17.2. The lowest BCUT2D eigenvalue weighted by Crippen LogP contribution is -2.39. The van der Waals surface area contributed by atoms with Crippen LogP contribution in [0, 0.1) is 12.8 Å². The van der Waals surface area contributed by atoms with Gasteiger partial charge in [-0.1, -0.05) is 24.3 Å². The smallest absolute Gasteiger partial charge is 0.407 e.